The van der Waals surface area contributed by atoms with Gasteiger partial charge >= 0.3 is 0 Å². The van der Waals surface area contributed by atoms with E-state index in [1.165, 1.54) is 49.6 Å². The van der Waals surface area contributed by atoms with Gasteiger partial charge in [0.05, 0.1) is 17.6 Å². The first-order valence-corrected chi connectivity index (χ1v) is 31.9. The molecule has 5 aliphatic rings. The number of aryl methyl sites for hydroxylation is 1. The summed E-state index contributed by atoms with van der Waals surface area (Å²) in [7, 11) is 0. The largest absolute Gasteiger partial charge is 0.497 e. The molecule has 2 aromatic heterocycles. The van der Waals surface area contributed by atoms with Crippen molar-refractivity contribution in [2.45, 2.75) is 117 Å². The Kier molecular flexibility index (Phi) is 21.0. The van der Waals surface area contributed by atoms with Gasteiger partial charge in [0.1, 0.15) is 21.3 Å². The van der Waals surface area contributed by atoms with Crippen LogP contribution in [0.25, 0.3) is 21.6 Å². The third-order valence-electron chi connectivity index (χ3n) is 16.4. The lowest BCUT2D eigenvalue weighted by molar-refractivity contribution is -0.128. The number of amides is 2. The fraction of sp³-hybridized carbons (Fsp3) is 0.516. The summed E-state index contributed by atoms with van der Waals surface area (Å²) in [4.78, 5) is 43.7. The zero-order valence-electron chi connectivity index (χ0n) is 46.0. The van der Waals surface area contributed by atoms with E-state index in [9.17, 15) is 9.59 Å². The third kappa shape index (κ3) is 14.9. The van der Waals surface area contributed by atoms with Crippen LogP contribution < -0.4 is 4.74 Å². The maximum Gasteiger partial charge on any atom is 0.267 e. The van der Waals surface area contributed by atoms with E-state index in [0.717, 1.165) is 166 Å². The number of likely N-dealkylation sites (tertiary alicyclic amines) is 2. The first kappa shape index (κ1) is 57.8. The number of carbonyl (C=O) groups is 2. The van der Waals surface area contributed by atoms with E-state index in [2.05, 4.69) is 119 Å². The summed E-state index contributed by atoms with van der Waals surface area (Å²) in [6.45, 7) is 24.3. The third-order valence-corrected chi connectivity index (χ3v) is 19.9. The number of allylic oxidation sites excluding steroid dienone is 1. The number of ether oxygens (including phenoxy) is 2. The fourth-order valence-corrected chi connectivity index (χ4v) is 15.0. The molecule has 0 aliphatic carbocycles. The van der Waals surface area contributed by atoms with Gasteiger partial charge < -0.3 is 19.3 Å². The number of thioether (sulfide) groups is 1. The van der Waals surface area contributed by atoms with Crippen LogP contribution in [0.1, 0.15) is 112 Å². The normalized spacial score (nSPS) is 20.1. The van der Waals surface area contributed by atoms with Crippen LogP contribution in [0.2, 0.25) is 9.36 Å². The molecule has 0 N–H and O–H groups in total. The maximum atomic E-state index is 13.2. The van der Waals surface area contributed by atoms with Crippen molar-refractivity contribution in [1.29, 1.82) is 0 Å². The Morgan fingerprint density at radius 2 is 1.38 bits per heavy atom. The van der Waals surface area contributed by atoms with E-state index in [-0.39, 0.29) is 11.8 Å². The molecule has 15 heteroatoms. The molecular formula is C62H80Cl2N6O4S3. The number of benzene rings is 3. The van der Waals surface area contributed by atoms with Gasteiger partial charge in [-0.25, -0.2) is 0 Å². The number of unbranched alkanes of at least 4 members (excludes halogenated alkanes) is 1. The van der Waals surface area contributed by atoms with Crippen LogP contribution in [0.4, 0.5) is 0 Å². The number of piperazine rings is 2. The first-order valence-electron chi connectivity index (χ1n) is 28.5. The van der Waals surface area contributed by atoms with Crippen molar-refractivity contribution in [3.63, 3.8) is 0 Å². The summed E-state index contributed by atoms with van der Waals surface area (Å²) in [5.74, 6) is 2.94. The highest BCUT2D eigenvalue weighted by Crippen LogP contribution is 2.37. The van der Waals surface area contributed by atoms with Crippen LogP contribution >= 0.6 is 57.6 Å². The van der Waals surface area contributed by atoms with Crippen molar-refractivity contribution in [1.82, 2.24) is 29.4 Å². The van der Waals surface area contributed by atoms with E-state index in [1.54, 1.807) is 23.1 Å². The summed E-state index contributed by atoms with van der Waals surface area (Å²) < 4.78 is 12.5. The maximum absolute atomic E-state index is 13.2. The molecule has 10 rings (SSSR count). The van der Waals surface area contributed by atoms with Gasteiger partial charge in [0, 0.05) is 125 Å². The number of rotatable bonds is 17. The Morgan fingerprint density at radius 3 is 2.03 bits per heavy atom. The monoisotopic (exact) mass is 1140 g/mol. The zero-order valence-corrected chi connectivity index (χ0v) is 50.0. The van der Waals surface area contributed by atoms with Crippen molar-refractivity contribution in [3.8, 4) is 27.3 Å². The topological polar surface area (TPSA) is 72.0 Å². The number of carbonyl (C=O) groups excluding carboxylic acids is 2. The molecule has 77 heavy (non-hydrogen) atoms. The molecule has 4 fully saturated rings. The number of hydrogen-bond donors (Lipinski definition) is 0. The number of halogens is 2. The average Bonchev–Trinajstić information content (AvgIpc) is 4.25. The Morgan fingerprint density at radius 1 is 0.701 bits per heavy atom. The van der Waals surface area contributed by atoms with Crippen LogP contribution in [-0.4, -0.2) is 150 Å². The second-order valence-electron chi connectivity index (χ2n) is 21.3. The average molecular weight is 1140 g/mol. The fourth-order valence-electron chi connectivity index (χ4n) is 11.8. The molecule has 414 valence electrons. The second kappa shape index (κ2) is 28.0. The van der Waals surface area contributed by atoms with E-state index in [1.807, 2.05) is 35.4 Å². The quantitative estimate of drug-likeness (QED) is 0.0847. The van der Waals surface area contributed by atoms with Crippen LogP contribution in [0.3, 0.4) is 0 Å². The van der Waals surface area contributed by atoms with Gasteiger partial charge in [0.2, 0.25) is 0 Å². The Bertz CT molecular complexity index is 2730. The number of hydrogen-bond acceptors (Lipinski definition) is 11. The van der Waals surface area contributed by atoms with Gasteiger partial charge in [0.25, 0.3) is 11.8 Å². The predicted molar refractivity (Wildman–Crippen MR) is 323 cm³/mol. The van der Waals surface area contributed by atoms with Gasteiger partial charge in [-0.15, -0.1) is 34.4 Å². The molecular weight excluding hydrogens is 1060 g/mol. The molecule has 0 spiro atoms. The molecule has 3 aromatic carbocycles. The molecule has 4 saturated heterocycles. The van der Waals surface area contributed by atoms with Gasteiger partial charge in [-0.1, -0.05) is 98.1 Å². The molecule has 7 heterocycles. The minimum atomic E-state index is 0.136. The van der Waals surface area contributed by atoms with Crippen molar-refractivity contribution in [3.05, 3.63) is 132 Å². The Labute approximate surface area is 481 Å². The summed E-state index contributed by atoms with van der Waals surface area (Å²) in [5, 5.41) is 2.77. The van der Waals surface area contributed by atoms with Gasteiger partial charge in [-0.2, -0.15) is 0 Å². The SMILES string of the molecule is CCCCOc1ccsc1C(=O)N1CCC(N2CCN(Cc3ccc(-c4cc(Cl)cc(CC)c4)cc3)CC2)CC1.CCOC1=C(C(=O)N2CCC(N3CCN([C@@H](C)c4ccc(-c5ccc(Cl)s5)cc4)[C@H](C)C3)CC2)SCC1. The molecule has 2 atom stereocenters. The number of thiophene rings is 2. The summed E-state index contributed by atoms with van der Waals surface area (Å²) in [6, 6.07) is 32.3. The summed E-state index contributed by atoms with van der Waals surface area (Å²) in [5.41, 5.74) is 7.62. The highest BCUT2D eigenvalue weighted by Gasteiger charge is 2.36. The lowest BCUT2D eigenvalue weighted by Gasteiger charge is -2.47. The highest BCUT2D eigenvalue weighted by molar-refractivity contribution is 8.04. The summed E-state index contributed by atoms with van der Waals surface area (Å²) >= 11 is 17.3. The predicted octanol–water partition coefficient (Wildman–Crippen LogP) is 13.7. The van der Waals surface area contributed by atoms with Gasteiger partial charge in [0.15, 0.2) is 0 Å². The zero-order chi connectivity index (χ0) is 53.8. The van der Waals surface area contributed by atoms with Crippen LogP contribution in [0.5, 0.6) is 5.75 Å². The first-order chi connectivity index (χ1) is 37.5. The van der Waals surface area contributed by atoms with Crippen molar-refractivity contribution in [2.24, 2.45) is 0 Å². The lowest BCUT2D eigenvalue weighted by atomic mass is 9.98. The number of piperidine rings is 2. The van der Waals surface area contributed by atoms with E-state index >= 15 is 0 Å². The molecule has 0 bridgehead atoms. The standard InChI is InChI=1S/C33H42ClN3O2S.C29H38ClN3O2S2/c1-3-5-19-39-31-12-20-40-32(31)33(38)37-13-10-30(11-14-37)36-17-15-35(16-18-36)24-26-6-8-27(9-7-26)28-21-25(4-2)22-29(34)23-28;1-4-35-25-13-18-36-28(25)29(34)31-14-11-24(12-15-31)32-16-17-33(20(2)19-32)21(3)22-5-7-23(8-6-22)26-9-10-27(30)37-26/h6-9,12,20-23,30H,3-5,10-11,13-19,24H2,1-2H3;5-10,20-21,24H,4,11-19H2,1-3H3/t;20-,21+/m.1/s1. The van der Waals surface area contributed by atoms with Gasteiger partial charge in [-0.05, 0) is 128 Å². The van der Waals surface area contributed by atoms with Crippen molar-refractivity contribution in [2.75, 3.05) is 91.0 Å². The highest BCUT2D eigenvalue weighted by atomic mass is 35.5. The smallest absolute Gasteiger partial charge is 0.267 e. The molecule has 0 saturated carbocycles. The molecule has 2 amide bonds. The molecule has 5 aromatic rings. The Hall–Kier alpha value is -3.89. The summed E-state index contributed by atoms with van der Waals surface area (Å²) in [6.07, 6.45) is 8.19. The van der Waals surface area contributed by atoms with Crippen LogP contribution in [-0.2, 0) is 22.5 Å². The number of nitrogens with zero attached hydrogens (tertiary/aromatic N) is 6. The molecule has 10 nitrogen and oxygen atoms in total. The van der Waals surface area contributed by atoms with Crippen LogP contribution in [0.15, 0.2) is 101 Å². The minimum Gasteiger partial charge on any atom is -0.497 e. The van der Waals surface area contributed by atoms with E-state index in [0.29, 0.717) is 37.4 Å². The van der Waals surface area contributed by atoms with Crippen molar-refractivity contribution >= 4 is 69.5 Å². The van der Waals surface area contributed by atoms with Crippen LogP contribution in [0, 0.1) is 0 Å². The Balaban J connectivity index is 0.000000188. The molecule has 0 radical (unpaired) electrons. The molecule has 0 unspecified atom stereocenters. The van der Waals surface area contributed by atoms with E-state index in [4.69, 9.17) is 32.7 Å². The molecule has 5 aliphatic heterocycles. The minimum absolute atomic E-state index is 0.136. The van der Waals surface area contributed by atoms with Gasteiger partial charge in [-0.3, -0.25) is 29.2 Å². The second-order valence-corrected chi connectivity index (χ2v) is 25.5. The van der Waals surface area contributed by atoms with E-state index < -0.39 is 0 Å². The lowest BCUT2D eigenvalue weighted by Crippen LogP contribution is -2.57. The van der Waals surface area contributed by atoms with Crippen molar-refractivity contribution < 1.29 is 19.1 Å².